The van der Waals surface area contributed by atoms with Gasteiger partial charge in [0.15, 0.2) is 17.3 Å². The lowest BCUT2D eigenvalue weighted by Gasteiger charge is -2.56. The van der Waals surface area contributed by atoms with Gasteiger partial charge in [-0.2, -0.15) is 0 Å². The summed E-state index contributed by atoms with van der Waals surface area (Å²) in [6, 6.07) is 3.64. The van der Waals surface area contributed by atoms with Crippen LogP contribution in [0.4, 0.5) is 0 Å². The molecular weight excluding hydrogens is 310 g/mol. The molecule has 0 radical (unpaired) electrons. The van der Waals surface area contributed by atoms with E-state index in [0.717, 1.165) is 24.1 Å². The molecule has 2 bridgehead atoms. The molecular formula is C18H21NO5. The van der Waals surface area contributed by atoms with Crippen LogP contribution in [0.2, 0.25) is 0 Å². The number of hydrogen-bond acceptors (Lipinski definition) is 6. The third-order valence-electron chi connectivity index (χ3n) is 7.05. The van der Waals surface area contributed by atoms with Crippen LogP contribution in [0.5, 0.6) is 11.5 Å². The minimum atomic E-state index is -1.81. The minimum absolute atomic E-state index is 0.126. The maximum absolute atomic E-state index is 12.7. The average molecular weight is 331 g/mol. The molecule has 2 heterocycles. The number of rotatable bonds is 1. The van der Waals surface area contributed by atoms with Crippen molar-refractivity contribution < 1.29 is 24.5 Å². The quantitative estimate of drug-likeness (QED) is 0.806. The van der Waals surface area contributed by atoms with E-state index in [1.165, 1.54) is 7.11 Å². The van der Waals surface area contributed by atoms with Crippen molar-refractivity contribution in [2.45, 2.75) is 48.5 Å². The number of methoxy groups -OCH3 is 1. The molecule has 4 atom stereocenters. The zero-order chi connectivity index (χ0) is 16.9. The highest BCUT2D eigenvalue weighted by molar-refractivity contribution is 5.91. The van der Waals surface area contributed by atoms with Crippen LogP contribution < -0.4 is 4.74 Å². The number of phenolic OH excluding ortho intramolecular Hbond substituents is 1. The highest BCUT2D eigenvalue weighted by atomic mass is 16.6. The second-order valence-corrected chi connectivity index (χ2v) is 7.57. The second kappa shape index (κ2) is 4.12. The number of hydrogen-bond donors (Lipinski definition) is 2. The van der Waals surface area contributed by atoms with Crippen LogP contribution in [0.15, 0.2) is 12.1 Å². The van der Waals surface area contributed by atoms with Gasteiger partial charge in [0.1, 0.15) is 0 Å². The van der Waals surface area contributed by atoms with Crippen LogP contribution in [0.3, 0.4) is 0 Å². The SMILES string of the molecule is COc1ccc2c(c1O)[C@]13CCC(=O)[C@]4(O)O[C@H]2C[C@]14N(C)CC3. The molecule has 0 aromatic heterocycles. The van der Waals surface area contributed by atoms with Gasteiger partial charge in [0, 0.05) is 23.8 Å². The van der Waals surface area contributed by atoms with E-state index >= 15 is 0 Å². The molecule has 2 N–H and O–H groups in total. The van der Waals surface area contributed by atoms with Crippen LogP contribution in [0, 0.1) is 0 Å². The van der Waals surface area contributed by atoms with Gasteiger partial charge in [-0.15, -0.1) is 0 Å². The Morgan fingerprint density at radius 3 is 2.92 bits per heavy atom. The summed E-state index contributed by atoms with van der Waals surface area (Å²) < 4.78 is 11.3. The first-order valence-corrected chi connectivity index (χ1v) is 8.46. The molecule has 2 aliphatic carbocycles. The lowest BCUT2D eigenvalue weighted by Crippen LogP contribution is -2.72. The summed E-state index contributed by atoms with van der Waals surface area (Å²) in [5, 5.41) is 22.3. The van der Waals surface area contributed by atoms with E-state index in [1.807, 2.05) is 13.1 Å². The maximum atomic E-state index is 12.7. The third-order valence-corrected chi connectivity index (χ3v) is 7.05. The standard InChI is InChI=1S/C18H21NO5/c1-19-8-7-16-6-5-13(20)18(22)17(16,19)9-12(24-18)10-3-4-11(23-2)15(21)14(10)16/h3-4,12,21-22H,5-9H2,1-2H3/t12-,16+,17-,18-/m0/s1. The van der Waals surface area contributed by atoms with Crippen molar-refractivity contribution in [3.63, 3.8) is 0 Å². The molecule has 1 aromatic carbocycles. The molecule has 0 amide bonds. The Morgan fingerprint density at radius 2 is 2.17 bits per heavy atom. The molecule has 1 spiro atoms. The smallest absolute Gasteiger partial charge is 0.247 e. The van der Waals surface area contributed by atoms with E-state index in [2.05, 4.69) is 4.90 Å². The van der Waals surface area contributed by atoms with Crippen LogP contribution >= 0.6 is 0 Å². The fourth-order valence-corrected chi connectivity index (χ4v) is 6.09. The predicted molar refractivity (Wildman–Crippen MR) is 83.9 cm³/mol. The number of aromatic hydroxyl groups is 1. The largest absolute Gasteiger partial charge is 0.504 e. The Labute approximate surface area is 140 Å². The number of ketones is 1. The minimum Gasteiger partial charge on any atom is -0.504 e. The molecule has 4 aliphatic rings. The molecule has 24 heavy (non-hydrogen) atoms. The Bertz CT molecular complexity index is 779. The highest BCUT2D eigenvalue weighted by Gasteiger charge is 2.80. The summed E-state index contributed by atoms with van der Waals surface area (Å²) in [5.41, 5.74) is 0.387. The van der Waals surface area contributed by atoms with Crippen LogP contribution in [-0.2, 0) is 14.9 Å². The van der Waals surface area contributed by atoms with Gasteiger partial charge in [-0.25, -0.2) is 0 Å². The number of phenols is 1. The van der Waals surface area contributed by atoms with Gasteiger partial charge in [0.05, 0.1) is 18.8 Å². The van der Waals surface area contributed by atoms with E-state index < -0.39 is 22.8 Å². The number of Topliss-reactive ketones (excluding diaryl/α,β-unsaturated/α-hetero) is 1. The molecule has 6 nitrogen and oxygen atoms in total. The number of likely N-dealkylation sites (tertiary alicyclic amines) is 1. The number of aliphatic hydroxyl groups is 1. The number of fused-ring (bicyclic) bond motifs is 3. The van der Waals surface area contributed by atoms with Gasteiger partial charge >= 0.3 is 0 Å². The topological polar surface area (TPSA) is 79.2 Å². The number of carbonyl (C=O) groups is 1. The molecule has 5 rings (SSSR count). The molecule has 6 heteroatoms. The van der Waals surface area contributed by atoms with E-state index in [9.17, 15) is 15.0 Å². The number of likely N-dealkylation sites (N-methyl/N-ethyl adjacent to an activating group) is 1. The van der Waals surface area contributed by atoms with Crippen molar-refractivity contribution in [3.8, 4) is 11.5 Å². The van der Waals surface area contributed by atoms with Crippen molar-refractivity contribution in [2.75, 3.05) is 20.7 Å². The first-order chi connectivity index (χ1) is 11.4. The van der Waals surface area contributed by atoms with Crippen LogP contribution in [0.25, 0.3) is 0 Å². The molecule has 0 unspecified atom stereocenters. The summed E-state index contributed by atoms with van der Waals surface area (Å²) in [5.74, 6) is -1.50. The number of benzene rings is 1. The summed E-state index contributed by atoms with van der Waals surface area (Å²) in [4.78, 5) is 14.7. The number of ether oxygens (including phenoxy) is 2. The van der Waals surface area contributed by atoms with Gasteiger partial charge in [-0.1, -0.05) is 6.07 Å². The van der Waals surface area contributed by atoms with Gasteiger partial charge < -0.3 is 19.7 Å². The predicted octanol–water partition coefficient (Wildman–Crippen LogP) is 1.24. The van der Waals surface area contributed by atoms with Gasteiger partial charge in [-0.3, -0.25) is 9.69 Å². The lowest BCUT2D eigenvalue weighted by molar-refractivity contribution is -0.242. The Hall–Kier alpha value is -1.63. The first-order valence-electron chi connectivity index (χ1n) is 8.46. The van der Waals surface area contributed by atoms with Crippen molar-refractivity contribution in [1.82, 2.24) is 4.90 Å². The fraction of sp³-hybridized carbons (Fsp3) is 0.611. The molecule has 2 aliphatic heterocycles. The van der Waals surface area contributed by atoms with Gasteiger partial charge in [-0.05, 0) is 38.1 Å². The summed E-state index contributed by atoms with van der Waals surface area (Å²) in [6.45, 7) is 0.752. The van der Waals surface area contributed by atoms with E-state index in [-0.39, 0.29) is 18.0 Å². The van der Waals surface area contributed by atoms with Crippen molar-refractivity contribution in [3.05, 3.63) is 23.3 Å². The van der Waals surface area contributed by atoms with E-state index in [4.69, 9.17) is 9.47 Å². The zero-order valence-corrected chi connectivity index (χ0v) is 13.8. The van der Waals surface area contributed by atoms with Crippen molar-refractivity contribution >= 4 is 5.78 Å². The lowest BCUT2D eigenvalue weighted by atomic mass is 9.51. The first kappa shape index (κ1) is 14.7. The number of nitrogens with zero attached hydrogens (tertiary/aromatic N) is 1. The second-order valence-electron chi connectivity index (χ2n) is 7.57. The highest BCUT2D eigenvalue weighted by Crippen LogP contribution is 2.71. The van der Waals surface area contributed by atoms with Crippen molar-refractivity contribution in [1.29, 1.82) is 0 Å². The normalized spacial score (nSPS) is 42.8. The monoisotopic (exact) mass is 331 g/mol. The molecule has 3 fully saturated rings. The Balaban J connectivity index is 1.89. The Kier molecular flexibility index (Phi) is 2.52. The summed E-state index contributed by atoms with van der Waals surface area (Å²) >= 11 is 0. The summed E-state index contributed by atoms with van der Waals surface area (Å²) in [6.07, 6.45) is 1.84. The average Bonchev–Trinajstić information content (AvgIpc) is 3.04. The van der Waals surface area contributed by atoms with E-state index in [1.54, 1.807) is 6.07 Å². The van der Waals surface area contributed by atoms with E-state index in [0.29, 0.717) is 18.6 Å². The Morgan fingerprint density at radius 1 is 1.38 bits per heavy atom. The summed E-state index contributed by atoms with van der Waals surface area (Å²) in [7, 11) is 3.48. The molecule has 1 aromatic rings. The molecule has 128 valence electrons. The molecule has 2 saturated heterocycles. The fourth-order valence-electron chi connectivity index (χ4n) is 6.09. The van der Waals surface area contributed by atoms with Gasteiger partial charge in [0.25, 0.3) is 0 Å². The third kappa shape index (κ3) is 1.21. The van der Waals surface area contributed by atoms with Crippen LogP contribution in [0.1, 0.15) is 42.9 Å². The number of carbonyl (C=O) groups excluding carboxylic acids is 1. The van der Waals surface area contributed by atoms with Gasteiger partial charge in [0.2, 0.25) is 5.79 Å². The van der Waals surface area contributed by atoms with Crippen LogP contribution in [-0.4, -0.2) is 52.9 Å². The zero-order valence-electron chi connectivity index (χ0n) is 13.8. The van der Waals surface area contributed by atoms with Crippen molar-refractivity contribution in [2.24, 2.45) is 0 Å². The molecule has 1 saturated carbocycles. The maximum Gasteiger partial charge on any atom is 0.247 e.